The number of alkyl halides is 3. The van der Waals surface area contributed by atoms with Gasteiger partial charge in [0.25, 0.3) is 5.91 Å². The minimum atomic E-state index is -4.51. The highest BCUT2D eigenvalue weighted by Crippen LogP contribution is 2.45. The highest BCUT2D eigenvalue weighted by Gasteiger charge is 2.43. The molecule has 0 unspecified atom stereocenters. The summed E-state index contributed by atoms with van der Waals surface area (Å²) >= 11 is 0. The number of rotatable bonds is 3. The van der Waals surface area contributed by atoms with Crippen molar-refractivity contribution in [3.8, 4) is 11.3 Å². The minimum absolute atomic E-state index is 0.178. The van der Waals surface area contributed by atoms with Gasteiger partial charge in [-0.15, -0.1) is 0 Å². The summed E-state index contributed by atoms with van der Waals surface area (Å²) in [6.07, 6.45) is -4.51. The molecule has 0 bridgehead atoms. The maximum atomic E-state index is 13.4. The number of anilines is 1. The largest absolute Gasteiger partial charge is 0.416 e. The molecule has 5 rings (SSSR count). The first-order valence-corrected chi connectivity index (χ1v) is 9.64. The van der Waals surface area contributed by atoms with Crippen LogP contribution in [-0.2, 0) is 6.18 Å². The van der Waals surface area contributed by atoms with Gasteiger partial charge in [-0.05, 0) is 23.8 Å². The van der Waals surface area contributed by atoms with E-state index in [0.29, 0.717) is 11.3 Å². The van der Waals surface area contributed by atoms with Crippen molar-refractivity contribution in [1.82, 2.24) is 10.2 Å². The lowest BCUT2D eigenvalue weighted by Gasteiger charge is -2.27. The van der Waals surface area contributed by atoms with Crippen LogP contribution < -0.4 is 4.90 Å². The molecule has 0 radical (unpaired) electrons. The number of nitrogens with zero attached hydrogens (tertiary/aromatic N) is 2. The van der Waals surface area contributed by atoms with Crippen LogP contribution in [0.3, 0.4) is 0 Å². The van der Waals surface area contributed by atoms with E-state index in [4.69, 9.17) is 0 Å². The maximum absolute atomic E-state index is 13.4. The average Bonchev–Trinajstić information content (AvgIpc) is 3.33. The Morgan fingerprint density at radius 3 is 2.23 bits per heavy atom. The van der Waals surface area contributed by atoms with Crippen LogP contribution >= 0.6 is 0 Å². The van der Waals surface area contributed by atoms with E-state index in [1.807, 2.05) is 60.7 Å². The summed E-state index contributed by atoms with van der Waals surface area (Å²) in [7, 11) is 0. The Bertz CT molecular complexity index is 1250. The summed E-state index contributed by atoms with van der Waals surface area (Å²) in [4.78, 5) is 14.8. The molecule has 1 amide bonds. The zero-order chi connectivity index (χ0) is 21.6. The van der Waals surface area contributed by atoms with Gasteiger partial charge in [0, 0.05) is 16.8 Å². The molecule has 1 aromatic heterocycles. The fraction of sp³-hybridized carbons (Fsp3) is 0.0833. The van der Waals surface area contributed by atoms with Crippen molar-refractivity contribution < 1.29 is 18.0 Å². The van der Waals surface area contributed by atoms with Gasteiger partial charge in [0.1, 0.15) is 5.69 Å². The number of hydrogen-bond acceptors (Lipinski definition) is 2. The van der Waals surface area contributed by atoms with Gasteiger partial charge in [0.15, 0.2) is 0 Å². The van der Waals surface area contributed by atoms with Gasteiger partial charge in [-0.2, -0.15) is 18.3 Å². The van der Waals surface area contributed by atoms with Crippen LogP contribution in [-0.4, -0.2) is 16.1 Å². The van der Waals surface area contributed by atoms with Crippen molar-refractivity contribution in [2.45, 2.75) is 12.2 Å². The molecule has 31 heavy (non-hydrogen) atoms. The molecule has 0 spiro atoms. The number of carbonyl (C=O) groups is 1. The Balaban J connectivity index is 1.71. The van der Waals surface area contributed by atoms with Gasteiger partial charge in [-0.25, -0.2) is 0 Å². The molecule has 0 saturated carbocycles. The first-order chi connectivity index (χ1) is 14.9. The second-order valence-electron chi connectivity index (χ2n) is 7.26. The fourth-order valence-corrected chi connectivity index (χ4v) is 4.01. The average molecular weight is 419 g/mol. The van der Waals surface area contributed by atoms with Gasteiger partial charge in [-0.3, -0.25) is 14.8 Å². The third-order valence-electron chi connectivity index (χ3n) is 5.38. The van der Waals surface area contributed by atoms with E-state index in [2.05, 4.69) is 10.2 Å². The summed E-state index contributed by atoms with van der Waals surface area (Å²) in [5, 5.41) is 7.18. The number of fused-ring (bicyclic) bond motifs is 1. The summed E-state index contributed by atoms with van der Waals surface area (Å²) in [5.41, 5.74) is 2.52. The standard InChI is InChI=1S/C24H16F3N3O/c25-24(26,27)17-12-7-13-18(14-17)30-22(16-10-5-2-6-11-16)19-20(15-8-3-1-4-9-15)28-29-21(19)23(30)31/h1-14,22H,(H,28,29)/t22-/m1/s1. The second-order valence-corrected chi connectivity index (χ2v) is 7.26. The summed E-state index contributed by atoms with van der Waals surface area (Å²) < 4.78 is 40.0. The second kappa shape index (κ2) is 7.12. The molecule has 7 heteroatoms. The minimum Gasteiger partial charge on any atom is -0.295 e. The number of benzene rings is 3. The maximum Gasteiger partial charge on any atom is 0.416 e. The van der Waals surface area contributed by atoms with Crippen molar-refractivity contribution in [3.63, 3.8) is 0 Å². The highest BCUT2D eigenvalue weighted by molar-refractivity contribution is 6.11. The normalized spacial score (nSPS) is 15.9. The van der Waals surface area contributed by atoms with Crippen LogP contribution in [0.5, 0.6) is 0 Å². The lowest BCUT2D eigenvalue weighted by Crippen LogP contribution is -2.29. The Morgan fingerprint density at radius 2 is 1.55 bits per heavy atom. The summed E-state index contributed by atoms with van der Waals surface area (Å²) in [6, 6.07) is 22.9. The fourth-order valence-electron chi connectivity index (χ4n) is 4.01. The third-order valence-corrected chi connectivity index (χ3v) is 5.38. The van der Waals surface area contributed by atoms with Gasteiger partial charge >= 0.3 is 6.18 Å². The van der Waals surface area contributed by atoms with Crippen molar-refractivity contribution in [3.05, 3.63) is 107 Å². The third kappa shape index (κ3) is 3.18. The molecule has 1 N–H and O–H groups in total. The van der Waals surface area contributed by atoms with E-state index >= 15 is 0 Å². The molecule has 0 aliphatic carbocycles. The van der Waals surface area contributed by atoms with E-state index in [0.717, 1.165) is 23.3 Å². The summed E-state index contributed by atoms with van der Waals surface area (Å²) in [5.74, 6) is -0.419. The molecular weight excluding hydrogens is 403 g/mol. The SMILES string of the molecule is O=C1c2[nH]nc(-c3ccccc3)c2[C@@H](c2ccccc2)N1c1cccc(C(F)(F)F)c1. The van der Waals surface area contributed by atoms with Crippen LogP contribution in [0.2, 0.25) is 0 Å². The predicted octanol–water partition coefficient (Wildman–Crippen LogP) is 5.85. The zero-order valence-electron chi connectivity index (χ0n) is 16.1. The monoisotopic (exact) mass is 419 g/mol. The number of aromatic nitrogens is 2. The van der Waals surface area contributed by atoms with Crippen LogP contribution in [0.25, 0.3) is 11.3 Å². The number of halogens is 3. The number of hydrogen-bond donors (Lipinski definition) is 1. The molecule has 4 aromatic rings. The Hall–Kier alpha value is -3.87. The lowest BCUT2D eigenvalue weighted by molar-refractivity contribution is -0.137. The molecule has 4 nitrogen and oxygen atoms in total. The van der Waals surface area contributed by atoms with Gasteiger partial charge < -0.3 is 0 Å². The highest BCUT2D eigenvalue weighted by atomic mass is 19.4. The van der Waals surface area contributed by atoms with Crippen molar-refractivity contribution in [1.29, 1.82) is 0 Å². The van der Waals surface area contributed by atoms with Crippen molar-refractivity contribution >= 4 is 11.6 Å². The van der Waals surface area contributed by atoms with Crippen molar-refractivity contribution in [2.24, 2.45) is 0 Å². The topological polar surface area (TPSA) is 49.0 Å². The number of aromatic amines is 1. The van der Waals surface area contributed by atoms with Crippen LogP contribution in [0, 0.1) is 0 Å². The van der Waals surface area contributed by atoms with E-state index < -0.39 is 23.7 Å². The molecular formula is C24H16F3N3O. The smallest absolute Gasteiger partial charge is 0.295 e. The Labute approximate surface area is 176 Å². The van der Waals surface area contributed by atoms with E-state index in [-0.39, 0.29) is 11.4 Å². The molecule has 2 heterocycles. The van der Waals surface area contributed by atoms with Gasteiger partial charge in [-0.1, -0.05) is 66.7 Å². The van der Waals surface area contributed by atoms with E-state index in [1.54, 1.807) is 0 Å². The number of nitrogens with one attached hydrogen (secondary N) is 1. The number of carbonyl (C=O) groups excluding carboxylic acids is 1. The molecule has 3 aromatic carbocycles. The molecule has 0 fully saturated rings. The first-order valence-electron chi connectivity index (χ1n) is 9.64. The predicted molar refractivity (Wildman–Crippen MR) is 111 cm³/mol. The van der Waals surface area contributed by atoms with Crippen molar-refractivity contribution in [2.75, 3.05) is 4.90 Å². The van der Waals surface area contributed by atoms with Crippen LogP contribution in [0.15, 0.2) is 84.9 Å². The Kier molecular flexibility index (Phi) is 4.39. The molecule has 1 atom stereocenters. The molecule has 154 valence electrons. The molecule has 1 aliphatic heterocycles. The van der Waals surface area contributed by atoms with E-state index in [9.17, 15) is 18.0 Å². The van der Waals surface area contributed by atoms with Crippen LogP contribution in [0.4, 0.5) is 18.9 Å². The Morgan fingerprint density at radius 1 is 0.871 bits per heavy atom. The lowest BCUT2D eigenvalue weighted by atomic mass is 9.96. The number of H-pyrrole nitrogens is 1. The van der Waals surface area contributed by atoms with Crippen LogP contribution in [0.1, 0.15) is 33.2 Å². The van der Waals surface area contributed by atoms with Gasteiger partial charge in [0.2, 0.25) is 0 Å². The quantitative estimate of drug-likeness (QED) is 0.453. The van der Waals surface area contributed by atoms with Gasteiger partial charge in [0.05, 0.1) is 17.3 Å². The summed E-state index contributed by atoms with van der Waals surface area (Å²) in [6.45, 7) is 0. The zero-order valence-corrected chi connectivity index (χ0v) is 16.1. The number of amides is 1. The molecule has 1 aliphatic rings. The van der Waals surface area contributed by atoms with E-state index in [1.165, 1.54) is 17.0 Å². The molecule has 0 saturated heterocycles. The first kappa shape index (κ1) is 19.1.